The van der Waals surface area contributed by atoms with Crippen molar-refractivity contribution in [2.24, 2.45) is 0 Å². The Bertz CT molecular complexity index is 139. The lowest BCUT2D eigenvalue weighted by Crippen LogP contribution is -2.35. The molecule has 1 aliphatic heterocycles. The summed E-state index contributed by atoms with van der Waals surface area (Å²) in [7, 11) is 0. The van der Waals surface area contributed by atoms with Crippen molar-refractivity contribution in [3.63, 3.8) is 0 Å². The van der Waals surface area contributed by atoms with Gasteiger partial charge in [0, 0.05) is 25.8 Å². The largest absolute Gasteiger partial charge is 0.381 e. The first-order valence-electron chi connectivity index (χ1n) is 5.84. The van der Waals surface area contributed by atoms with Gasteiger partial charge in [0.2, 0.25) is 0 Å². The molecule has 0 saturated carbocycles. The lowest BCUT2D eigenvalue weighted by atomic mass is 10.1. The van der Waals surface area contributed by atoms with Crippen LogP contribution in [0.15, 0.2) is 12.3 Å². The van der Waals surface area contributed by atoms with E-state index in [9.17, 15) is 0 Å². The molecule has 0 aliphatic carbocycles. The van der Waals surface area contributed by atoms with Gasteiger partial charge in [0.25, 0.3) is 0 Å². The van der Waals surface area contributed by atoms with Crippen LogP contribution < -0.4 is 0 Å². The second-order valence-corrected chi connectivity index (χ2v) is 3.16. The van der Waals surface area contributed by atoms with E-state index in [4.69, 9.17) is 4.74 Å². The number of rotatable bonds is 3. The summed E-state index contributed by atoms with van der Waals surface area (Å²) in [5.41, 5.74) is 0. The minimum absolute atomic E-state index is 0.708. The molecule has 1 fully saturated rings. The Morgan fingerprint density at radius 2 is 1.86 bits per heavy atom. The SMILES string of the molecule is C/C=C\N(CC)C1CCOCC1.CC. The molecular weight excluding hydrogens is 174 g/mol. The molecule has 0 N–H and O–H groups in total. The fraction of sp³-hybridized carbons (Fsp3) is 0.833. The molecule has 0 atom stereocenters. The molecular formula is C12H25NO. The van der Waals surface area contributed by atoms with E-state index in [0.717, 1.165) is 19.8 Å². The third-order valence-corrected chi connectivity index (χ3v) is 2.37. The van der Waals surface area contributed by atoms with Crippen LogP contribution in [0, 0.1) is 0 Å². The summed E-state index contributed by atoms with van der Waals surface area (Å²) >= 11 is 0. The highest BCUT2D eigenvalue weighted by molar-refractivity contribution is 4.84. The van der Waals surface area contributed by atoms with E-state index in [1.54, 1.807) is 0 Å². The average molecular weight is 199 g/mol. The van der Waals surface area contributed by atoms with Crippen LogP contribution in [-0.2, 0) is 4.74 Å². The predicted molar refractivity (Wildman–Crippen MR) is 62.4 cm³/mol. The van der Waals surface area contributed by atoms with Crippen LogP contribution in [-0.4, -0.2) is 30.7 Å². The van der Waals surface area contributed by atoms with E-state index in [1.165, 1.54) is 12.8 Å². The van der Waals surface area contributed by atoms with Gasteiger partial charge in [-0.15, -0.1) is 0 Å². The molecule has 1 aliphatic rings. The Kier molecular flexibility index (Phi) is 8.75. The highest BCUT2D eigenvalue weighted by Gasteiger charge is 2.16. The number of hydrogen-bond donors (Lipinski definition) is 0. The molecule has 84 valence electrons. The smallest absolute Gasteiger partial charge is 0.0485 e. The Hall–Kier alpha value is -0.500. The van der Waals surface area contributed by atoms with E-state index < -0.39 is 0 Å². The molecule has 2 heteroatoms. The quantitative estimate of drug-likeness (QED) is 0.692. The lowest BCUT2D eigenvalue weighted by Gasteiger charge is -2.32. The molecule has 0 unspecified atom stereocenters. The summed E-state index contributed by atoms with van der Waals surface area (Å²) in [6, 6.07) is 0.708. The molecule has 1 heterocycles. The molecule has 0 bridgehead atoms. The van der Waals surface area contributed by atoms with Crippen molar-refractivity contribution in [2.75, 3.05) is 19.8 Å². The van der Waals surface area contributed by atoms with Gasteiger partial charge >= 0.3 is 0 Å². The second kappa shape index (κ2) is 9.07. The molecule has 0 aromatic rings. The molecule has 0 radical (unpaired) electrons. The van der Waals surface area contributed by atoms with E-state index >= 15 is 0 Å². The van der Waals surface area contributed by atoms with Crippen molar-refractivity contribution in [2.45, 2.75) is 46.6 Å². The van der Waals surface area contributed by atoms with E-state index in [2.05, 4.69) is 31.0 Å². The maximum absolute atomic E-state index is 5.32. The van der Waals surface area contributed by atoms with Gasteiger partial charge in [-0.25, -0.2) is 0 Å². The summed E-state index contributed by atoms with van der Waals surface area (Å²) in [6.45, 7) is 11.2. The van der Waals surface area contributed by atoms with E-state index in [-0.39, 0.29) is 0 Å². The summed E-state index contributed by atoms with van der Waals surface area (Å²) in [4.78, 5) is 2.41. The van der Waals surface area contributed by atoms with E-state index in [0.29, 0.717) is 6.04 Å². The Balaban J connectivity index is 0.000000791. The van der Waals surface area contributed by atoms with E-state index in [1.807, 2.05) is 13.8 Å². The Morgan fingerprint density at radius 3 is 2.29 bits per heavy atom. The summed E-state index contributed by atoms with van der Waals surface area (Å²) in [5, 5.41) is 0. The van der Waals surface area contributed by atoms with Gasteiger partial charge in [0.1, 0.15) is 0 Å². The van der Waals surface area contributed by atoms with Crippen LogP contribution in [0.5, 0.6) is 0 Å². The number of nitrogens with zero attached hydrogens (tertiary/aromatic N) is 1. The zero-order valence-electron chi connectivity index (χ0n) is 10.1. The molecule has 1 saturated heterocycles. The topological polar surface area (TPSA) is 12.5 Å². The summed E-state index contributed by atoms with van der Waals surface area (Å²) in [6.07, 6.45) is 6.66. The Labute approximate surface area is 88.9 Å². The maximum atomic E-state index is 5.32. The average Bonchev–Trinajstić information content (AvgIpc) is 2.30. The van der Waals surface area contributed by atoms with Gasteiger partial charge in [-0.2, -0.15) is 0 Å². The molecule has 0 amide bonds. The van der Waals surface area contributed by atoms with Crippen LogP contribution >= 0.6 is 0 Å². The van der Waals surface area contributed by atoms with Crippen molar-refractivity contribution in [3.8, 4) is 0 Å². The normalized spacial score (nSPS) is 17.7. The molecule has 0 aromatic carbocycles. The zero-order chi connectivity index (χ0) is 10.8. The highest BCUT2D eigenvalue weighted by Crippen LogP contribution is 2.14. The van der Waals surface area contributed by atoms with Crippen molar-refractivity contribution in [1.29, 1.82) is 0 Å². The fourth-order valence-corrected chi connectivity index (χ4v) is 1.69. The predicted octanol–water partition coefficient (Wildman–Crippen LogP) is 3.05. The van der Waals surface area contributed by atoms with Crippen molar-refractivity contribution in [3.05, 3.63) is 12.3 Å². The molecule has 0 spiro atoms. The third-order valence-electron chi connectivity index (χ3n) is 2.37. The first-order valence-corrected chi connectivity index (χ1v) is 5.84. The molecule has 2 nitrogen and oxygen atoms in total. The van der Waals surface area contributed by atoms with Crippen molar-refractivity contribution < 1.29 is 4.74 Å². The standard InChI is InChI=1S/C10H19NO.C2H6/c1-3-7-11(4-2)10-5-8-12-9-6-10;1-2/h3,7,10H,4-6,8-9H2,1-2H3;1-2H3/b7-3-;. The first kappa shape index (κ1) is 13.5. The molecule has 0 aromatic heterocycles. The van der Waals surface area contributed by atoms with Crippen molar-refractivity contribution in [1.82, 2.24) is 4.90 Å². The molecule has 14 heavy (non-hydrogen) atoms. The van der Waals surface area contributed by atoms with Gasteiger partial charge < -0.3 is 9.64 Å². The monoisotopic (exact) mass is 199 g/mol. The van der Waals surface area contributed by atoms with Crippen LogP contribution in [0.1, 0.15) is 40.5 Å². The van der Waals surface area contributed by atoms with Gasteiger partial charge in [-0.1, -0.05) is 19.9 Å². The first-order chi connectivity index (χ1) is 6.88. The zero-order valence-corrected chi connectivity index (χ0v) is 10.1. The minimum Gasteiger partial charge on any atom is -0.381 e. The maximum Gasteiger partial charge on any atom is 0.0485 e. The van der Waals surface area contributed by atoms with Crippen molar-refractivity contribution >= 4 is 0 Å². The number of ether oxygens (including phenoxy) is 1. The van der Waals surface area contributed by atoms with Crippen LogP contribution in [0.3, 0.4) is 0 Å². The number of hydrogen-bond acceptors (Lipinski definition) is 2. The summed E-state index contributed by atoms with van der Waals surface area (Å²) < 4.78 is 5.32. The van der Waals surface area contributed by atoms with Gasteiger partial charge in [-0.05, 0) is 32.9 Å². The van der Waals surface area contributed by atoms with Crippen LogP contribution in [0.25, 0.3) is 0 Å². The summed E-state index contributed by atoms with van der Waals surface area (Å²) in [5.74, 6) is 0. The highest BCUT2D eigenvalue weighted by atomic mass is 16.5. The number of allylic oxidation sites excluding steroid dienone is 1. The van der Waals surface area contributed by atoms with Gasteiger partial charge in [-0.3, -0.25) is 0 Å². The third kappa shape index (κ3) is 4.66. The van der Waals surface area contributed by atoms with Gasteiger partial charge in [0.15, 0.2) is 0 Å². The second-order valence-electron chi connectivity index (χ2n) is 3.16. The van der Waals surface area contributed by atoms with Gasteiger partial charge in [0.05, 0.1) is 0 Å². The molecule has 1 rings (SSSR count). The fourth-order valence-electron chi connectivity index (χ4n) is 1.69. The van der Waals surface area contributed by atoms with Crippen LogP contribution in [0.2, 0.25) is 0 Å². The minimum atomic E-state index is 0.708. The Morgan fingerprint density at radius 1 is 1.29 bits per heavy atom. The lowest BCUT2D eigenvalue weighted by molar-refractivity contribution is 0.0508. The van der Waals surface area contributed by atoms with Crippen LogP contribution in [0.4, 0.5) is 0 Å².